The molecule has 0 aromatic heterocycles. The minimum absolute atomic E-state index is 0.102. The van der Waals surface area contributed by atoms with Crippen LogP contribution in [0.1, 0.15) is 6.92 Å². The molecule has 1 rings (SSSR count). The fourth-order valence-corrected chi connectivity index (χ4v) is 2.14. The van der Waals surface area contributed by atoms with E-state index in [1.54, 1.807) is 6.92 Å². The molecule has 2 N–H and O–H groups in total. The van der Waals surface area contributed by atoms with E-state index < -0.39 is 13.2 Å². The highest BCUT2D eigenvalue weighted by atomic mass is 31.2. The molecule has 7 nitrogen and oxygen atoms in total. The highest BCUT2D eigenvalue weighted by molar-refractivity contribution is 7.71. The molecule has 1 fully saturated rings. The van der Waals surface area contributed by atoms with E-state index in [1.165, 1.54) is 5.06 Å². The van der Waals surface area contributed by atoms with Gasteiger partial charge in [0.05, 0.1) is 19.8 Å². The van der Waals surface area contributed by atoms with Crippen LogP contribution < -0.4 is 5.73 Å². The van der Waals surface area contributed by atoms with Crippen molar-refractivity contribution in [1.82, 2.24) is 5.06 Å². The summed E-state index contributed by atoms with van der Waals surface area (Å²) in [5.41, 5.74) is 3.89. The molecule has 0 saturated carbocycles. The van der Waals surface area contributed by atoms with Crippen LogP contribution in [0, 0.1) is 0 Å². The lowest BCUT2D eigenvalue weighted by Gasteiger charge is -2.27. The van der Waals surface area contributed by atoms with E-state index in [9.17, 15) is 9.36 Å². The summed E-state index contributed by atoms with van der Waals surface area (Å²) < 4.78 is 26.6. The summed E-state index contributed by atoms with van der Waals surface area (Å²) in [6, 6.07) is 0. The van der Waals surface area contributed by atoms with Crippen LogP contribution in [-0.2, 0) is 18.5 Å². The first kappa shape index (κ1) is 12.6. The Kier molecular flexibility index (Phi) is 4.69. The predicted octanol–water partition coefficient (Wildman–Crippen LogP) is 0.559. The SMILES string of the molecule is CCOP(=O)(ON1CCOCC1)C(N)=O. The molecular formula is C7H15N2O5P. The van der Waals surface area contributed by atoms with Crippen LogP contribution in [0.15, 0.2) is 0 Å². The van der Waals surface area contributed by atoms with Gasteiger partial charge in [-0.1, -0.05) is 0 Å². The third kappa shape index (κ3) is 3.55. The van der Waals surface area contributed by atoms with Crippen molar-refractivity contribution < 1.29 is 23.2 Å². The summed E-state index contributed by atoms with van der Waals surface area (Å²) in [6.07, 6.45) is 0. The summed E-state index contributed by atoms with van der Waals surface area (Å²) in [5, 5.41) is 1.38. The molecule has 1 saturated heterocycles. The number of primary amides is 1. The van der Waals surface area contributed by atoms with Gasteiger partial charge < -0.3 is 15.0 Å². The number of ether oxygens (including phenoxy) is 1. The smallest absolute Gasteiger partial charge is 0.379 e. The lowest BCUT2D eigenvalue weighted by atomic mass is 10.5. The Labute approximate surface area is 87.9 Å². The van der Waals surface area contributed by atoms with Crippen LogP contribution in [0.2, 0.25) is 0 Å². The van der Waals surface area contributed by atoms with Gasteiger partial charge in [-0.2, -0.15) is 5.06 Å². The third-order valence-electron chi connectivity index (χ3n) is 1.76. The molecule has 1 atom stereocenters. The van der Waals surface area contributed by atoms with E-state index in [1.807, 2.05) is 0 Å². The second-order valence-corrected chi connectivity index (χ2v) is 4.73. The zero-order chi connectivity index (χ0) is 11.3. The van der Waals surface area contributed by atoms with Crippen molar-refractivity contribution in [3.8, 4) is 0 Å². The Morgan fingerprint density at radius 2 is 2.13 bits per heavy atom. The molecule has 0 aromatic rings. The molecule has 15 heavy (non-hydrogen) atoms. The van der Waals surface area contributed by atoms with E-state index in [2.05, 4.69) is 0 Å². The van der Waals surface area contributed by atoms with Gasteiger partial charge in [-0.05, 0) is 6.92 Å². The van der Waals surface area contributed by atoms with Crippen molar-refractivity contribution in [2.24, 2.45) is 5.73 Å². The quantitative estimate of drug-likeness (QED) is 0.703. The second kappa shape index (κ2) is 5.58. The minimum Gasteiger partial charge on any atom is -0.379 e. The molecule has 1 heterocycles. The fraction of sp³-hybridized carbons (Fsp3) is 0.857. The highest BCUT2D eigenvalue weighted by Gasteiger charge is 2.35. The van der Waals surface area contributed by atoms with Crippen molar-refractivity contribution in [2.45, 2.75) is 6.92 Å². The van der Waals surface area contributed by atoms with Crippen LogP contribution in [0.4, 0.5) is 4.79 Å². The molecule has 1 aliphatic rings. The number of hydrogen-bond donors (Lipinski definition) is 1. The summed E-state index contributed by atoms with van der Waals surface area (Å²) in [4.78, 5) is 10.9. The summed E-state index contributed by atoms with van der Waals surface area (Å²) >= 11 is 0. The first-order valence-electron chi connectivity index (χ1n) is 4.65. The maximum Gasteiger partial charge on any atom is 0.434 e. The Hall–Kier alpha value is -0.460. The number of nitrogens with two attached hydrogens (primary N) is 1. The van der Waals surface area contributed by atoms with Gasteiger partial charge in [0.1, 0.15) is 0 Å². The van der Waals surface area contributed by atoms with E-state index in [-0.39, 0.29) is 6.61 Å². The van der Waals surface area contributed by atoms with Gasteiger partial charge in [-0.25, -0.2) is 9.19 Å². The number of nitrogens with zero attached hydrogens (tertiary/aromatic N) is 1. The zero-order valence-corrected chi connectivity index (χ0v) is 9.44. The van der Waals surface area contributed by atoms with Crippen LogP contribution in [0.5, 0.6) is 0 Å². The average molecular weight is 238 g/mol. The average Bonchev–Trinajstić information content (AvgIpc) is 2.19. The van der Waals surface area contributed by atoms with E-state index >= 15 is 0 Å². The normalized spacial score (nSPS) is 22.2. The predicted molar refractivity (Wildman–Crippen MR) is 52.3 cm³/mol. The summed E-state index contributed by atoms with van der Waals surface area (Å²) in [6.45, 7) is 3.51. The Balaban J connectivity index is 2.57. The minimum atomic E-state index is -3.85. The van der Waals surface area contributed by atoms with Gasteiger partial charge in [-0.15, -0.1) is 0 Å². The van der Waals surface area contributed by atoms with Crippen molar-refractivity contribution >= 4 is 13.2 Å². The Morgan fingerprint density at radius 1 is 1.53 bits per heavy atom. The van der Waals surface area contributed by atoms with E-state index in [0.29, 0.717) is 26.3 Å². The van der Waals surface area contributed by atoms with Gasteiger partial charge in [0.15, 0.2) is 0 Å². The topological polar surface area (TPSA) is 91.1 Å². The number of amides is 1. The van der Waals surface area contributed by atoms with Crippen molar-refractivity contribution in [1.29, 1.82) is 0 Å². The maximum absolute atomic E-state index is 11.8. The van der Waals surface area contributed by atoms with Gasteiger partial charge in [0.25, 0.3) is 0 Å². The van der Waals surface area contributed by atoms with Crippen LogP contribution in [0.25, 0.3) is 0 Å². The molecule has 0 bridgehead atoms. The first-order chi connectivity index (χ1) is 7.08. The Morgan fingerprint density at radius 3 is 2.60 bits per heavy atom. The molecular weight excluding hydrogens is 223 g/mol. The molecule has 0 aromatic carbocycles. The van der Waals surface area contributed by atoms with Gasteiger partial charge in [0, 0.05) is 13.1 Å². The van der Waals surface area contributed by atoms with E-state index in [0.717, 1.165) is 0 Å². The molecule has 88 valence electrons. The molecule has 1 aliphatic heterocycles. The summed E-state index contributed by atoms with van der Waals surface area (Å²) in [5.74, 6) is 0. The molecule has 0 spiro atoms. The molecule has 1 amide bonds. The van der Waals surface area contributed by atoms with Gasteiger partial charge in [0.2, 0.25) is 0 Å². The van der Waals surface area contributed by atoms with Gasteiger partial charge >= 0.3 is 13.2 Å². The number of carbonyl (C=O) groups excluding carboxylic acids is 1. The van der Waals surface area contributed by atoms with Crippen molar-refractivity contribution in [2.75, 3.05) is 32.9 Å². The second-order valence-electron chi connectivity index (χ2n) is 2.88. The van der Waals surface area contributed by atoms with Gasteiger partial charge in [-0.3, -0.25) is 4.79 Å². The zero-order valence-electron chi connectivity index (χ0n) is 8.55. The maximum atomic E-state index is 11.8. The summed E-state index contributed by atoms with van der Waals surface area (Å²) in [7, 11) is -3.85. The number of carbonyl (C=O) groups is 1. The lowest BCUT2D eigenvalue weighted by Crippen LogP contribution is -2.36. The van der Waals surface area contributed by atoms with Crippen molar-refractivity contribution in [3.63, 3.8) is 0 Å². The van der Waals surface area contributed by atoms with Crippen LogP contribution in [-0.4, -0.2) is 43.6 Å². The first-order valence-corrected chi connectivity index (χ1v) is 6.19. The van der Waals surface area contributed by atoms with Crippen LogP contribution >= 0.6 is 7.60 Å². The van der Waals surface area contributed by atoms with E-state index in [4.69, 9.17) is 19.6 Å². The number of hydrogen-bond acceptors (Lipinski definition) is 6. The molecule has 0 aliphatic carbocycles. The highest BCUT2D eigenvalue weighted by Crippen LogP contribution is 2.48. The number of rotatable bonds is 5. The fourth-order valence-electron chi connectivity index (χ4n) is 1.08. The molecule has 0 radical (unpaired) electrons. The standard InChI is InChI=1S/C7H15N2O5P/c1-2-13-15(11,7(8)10)14-9-3-5-12-6-4-9/h2-6H2,1H3,(H2,8,10). The largest absolute Gasteiger partial charge is 0.434 e. The van der Waals surface area contributed by atoms with Crippen LogP contribution in [0.3, 0.4) is 0 Å². The molecule has 1 unspecified atom stereocenters. The lowest BCUT2D eigenvalue weighted by molar-refractivity contribution is -0.124. The van der Waals surface area contributed by atoms with Crippen molar-refractivity contribution in [3.05, 3.63) is 0 Å². The number of hydroxylamine groups is 2. The third-order valence-corrected chi connectivity index (χ3v) is 3.35. The Bertz CT molecular complexity index is 266. The molecule has 8 heteroatoms. The monoisotopic (exact) mass is 238 g/mol. The number of morpholine rings is 1.